The van der Waals surface area contributed by atoms with Crippen LogP contribution in [0.2, 0.25) is 5.02 Å². The van der Waals surface area contributed by atoms with Crippen LogP contribution in [0.1, 0.15) is 32.1 Å². The van der Waals surface area contributed by atoms with Crippen molar-refractivity contribution in [1.82, 2.24) is 10.0 Å². The van der Waals surface area contributed by atoms with Crippen molar-refractivity contribution in [2.45, 2.75) is 43.0 Å². The fraction of sp³-hybridized carbons (Fsp3) is 0.611. The van der Waals surface area contributed by atoms with Crippen LogP contribution in [0, 0.1) is 11.8 Å². The fourth-order valence-corrected chi connectivity index (χ4v) is 6.70. The number of benzene rings is 1. The number of amides is 1. The Morgan fingerprint density at radius 3 is 2.29 bits per heavy atom. The molecule has 0 unspecified atom stereocenters. The number of sulfone groups is 1. The lowest BCUT2D eigenvalue weighted by molar-refractivity contribution is -0.126. The van der Waals surface area contributed by atoms with E-state index in [9.17, 15) is 21.6 Å². The van der Waals surface area contributed by atoms with Crippen molar-refractivity contribution >= 4 is 37.4 Å². The van der Waals surface area contributed by atoms with E-state index in [0.29, 0.717) is 30.8 Å². The molecule has 1 aliphatic heterocycles. The van der Waals surface area contributed by atoms with Gasteiger partial charge in [-0.15, -0.1) is 0 Å². The minimum Gasteiger partial charge on any atom is -0.352 e. The second-order valence-electron chi connectivity index (χ2n) is 7.63. The van der Waals surface area contributed by atoms with Crippen LogP contribution in [0.3, 0.4) is 0 Å². The summed E-state index contributed by atoms with van der Waals surface area (Å²) in [4.78, 5) is 12.6. The molecule has 0 aromatic heterocycles. The van der Waals surface area contributed by atoms with Crippen molar-refractivity contribution in [2.75, 3.05) is 18.1 Å². The maximum Gasteiger partial charge on any atom is 0.240 e. The highest BCUT2D eigenvalue weighted by Crippen LogP contribution is 2.29. The summed E-state index contributed by atoms with van der Waals surface area (Å²) >= 11 is 5.79. The summed E-state index contributed by atoms with van der Waals surface area (Å²) in [6, 6.07) is 5.73. The van der Waals surface area contributed by atoms with E-state index in [1.165, 1.54) is 24.3 Å². The van der Waals surface area contributed by atoms with E-state index >= 15 is 0 Å². The second-order valence-corrected chi connectivity index (χ2v) is 12.1. The third-order valence-electron chi connectivity index (χ3n) is 5.48. The molecule has 1 amide bonds. The SMILES string of the molecule is O=C(N[C@H]1CCS(=O)(=O)C1)C1CCC(CNS(=O)(=O)c2ccc(Cl)cc2)CC1. The third-order valence-corrected chi connectivity index (χ3v) is 8.94. The third kappa shape index (κ3) is 5.68. The Balaban J connectivity index is 1.44. The van der Waals surface area contributed by atoms with E-state index in [0.717, 1.165) is 12.8 Å². The summed E-state index contributed by atoms with van der Waals surface area (Å²) in [6.45, 7) is 0.333. The highest BCUT2D eigenvalue weighted by atomic mass is 35.5. The highest BCUT2D eigenvalue weighted by molar-refractivity contribution is 7.91. The molecule has 10 heteroatoms. The van der Waals surface area contributed by atoms with E-state index < -0.39 is 19.9 Å². The van der Waals surface area contributed by atoms with Crippen molar-refractivity contribution in [3.05, 3.63) is 29.3 Å². The first-order valence-electron chi connectivity index (χ1n) is 9.41. The molecule has 7 nitrogen and oxygen atoms in total. The molecule has 1 aromatic carbocycles. The zero-order valence-electron chi connectivity index (χ0n) is 15.4. The lowest BCUT2D eigenvalue weighted by Gasteiger charge is -2.28. The van der Waals surface area contributed by atoms with E-state index in [4.69, 9.17) is 11.6 Å². The maximum absolute atomic E-state index is 12.4. The first-order chi connectivity index (χ1) is 13.1. The number of halogens is 1. The zero-order chi connectivity index (χ0) is 20.4. The minimum absolute atomic E-state index is 0.0283. The van der Waals surface area contributed by atoms with Crippen LogP contribution >= 0.6 is 11.6 Å². The van der Waals surface area contributed by atoms with E-state index in [1.807, 2.05) is 0 Å². The first kappa shape index (κ1) is 21.5. The molecule has 156 valence electrons. The van der Waals surface area contributed by atoms with Gasteiger partial charge in [0.2, 0.25) is 15.9 Å². The molecule has 2 fully saturated rings. The van der Waals surface area contributed by atoms with Gasteiger partial charge >= 0.3 is 0 Å². The molecule has 1 atom stereocenters. The van der Waals surface area contributed by atoms with Crippen LogP contribution in [-0.2, 0) is 24.7 Å². The standard InChI is InChI=1S/C18H25ClN2O5S2/c19-15-5-7-17(8-6-15)28(25,26)20-11-13-1-3-14(4-2-13)18(22)21-16-9-10-27(23,24)12-16/h5-8,13-14,16,20H,1-4,9-12H2,(H,21,22)/t13?,14?,16-/m0/s1. The number of nitrogens with one attached hydrogen (secondary N) is 2. The molecular weight excluding hydrogens is 424 g/mol. The molecule has 1 saturated heterocycles. The normalized spacial score (nSPS) is 27.4. The van der Waals surface area contributed by atoms with Gasteiger partial charge in [0, 0.05) is 23.5 Å². The van der Waals surface area contributed by atoms with Crippen LogP contribution in [0.5, 0.6) is 0 Å². The number of rotatable bonds is 6. The quantitative estimate of drug-likeness (QED) is 0.688. The second kappa shape index (κ2) is 8.69. The van der Waals surface area contributed by atoms with Gasteiger partial charge in [-0.25, -0.2) is 21.6 Å². The smallest absolute Gasteiger partial charge is 0.240 e. The lowest BCUT2D eigenvalue weighted by atomic mass is 9.81. The van der Waals surface area contributed by atoms with E-state index in [1.54, 1.807) is 0 Å². The predicted octanol–water partition coefficient (Wildman–Crippen LogP) is 1.73. The average Bonchev–Trinajstić information content (AvgIpc) is 2.99. The van der Waals surface area contributed by atoms with E-state index in [2.05, 4.69) is 10.0 Å². The van der Waals surface area contributed by atoms with Gasteiger partial charge in [0.1, 0.15) is 0 Å². The van der Waals surface area contributed by atoms with Gasteiger partial charge < -0.3 is 5.32 Å². The number of hydrogen-bond acceptors (Lipinski definition) is 5. The number of carbonyl (C=O) groups is 1. The average molecular weight is 449 g/mol. The minimum atomic E-state index is -3.58. The molecule has 28 heavy (non-hydrogen) atoms. The van der Waals surface area contributed by atoms with Gasteiger partial charge in [-0.3, -0.25) is 4.79 Å². The van der Waals surface area contributed by atoms with Crippen LogP contribution in [0.15, 0.2) is 29.2 Å². The van der Waals surface area contributed by atoms with Crippen molar-refractivity contribution in [2.24, 2.45) is 11.8 Å². The van der Waals surface area contributed by atoms with Gasteiger partial charge in [0.05, 0.1) is 16.4 Å². The molecule has 0 radical (unpaired) electrons. The zero-order valence-corrected chi connectivity index (χ0v) is 17.8. The predicted molar refractivity (Wildman–Crippen MR) is 107 cm³/mol. The lowest BCUT2D eigenvalue weighted by Crippen LogP contribution is -2.41. The molecule has 2 N–H and O–H groups in total. The molecule has 0 bridgehead atoms. The molecule has 2 aliphatic rings. The molecule has 3 rings (SSSR count). The summed E-state index contributed by atoms with van der Waals surface area (Å²) in [5.41, 5.74) is 0. The van der Waals surface area contributed by atoms with E-state index in [-0.39, 0.29) is 40.2 Å². The summed E-state index contributed by atoms with van der Waals surface area (Å²) in [6.07, 6.45) is 3.35. The number of carbonyl (C=O) groups excluding carboxylic acids is 1. The maximum atomic E-state index is 12.4. The molecule has 1 aliphatic carbocycles. The van der Waals surface area contributed by atoms with Crippen LogP contribution in [0.25, 0.3) is 0 Å². The van der Waals surface area contributed by atoms with Crippen LogP contribution in [0.4, 0.5) is 0 Å². The Morgan fingerprint density at radius 1 is 1.07 bits per heavy atom. The Hall–Kier alpha value is -1.16. The summed E-state index contributed by atoms with van der Waals surface area (Å²) in [5, 5.41) is 3.34. The van der Waals surface area contributed by atoms with Gasteiger partial charge in [0.25, 0.3) is 0 Å². The van der Waals surface area contributed by atoms with Crippen molar-refractivity contribution < 1.29 is 21.6 Å². The topological polar surface area (TPSA) is 109 Å². The highest BCUT2D eigenvalue weighted by Gasteiger charge is 2.32. The van der Waals surface area contributed by atoms with Crippen LogP contribution < -0.4 is 10.0 Å². The van der Waals surface area contributed by atoms with Crippen molar-refractivity contribution in [3.63, 3.8) is 0 Å². The van der Waals surface area contributed by atoms with Gasteiger partial charge in [-0.2, -0.15) is 0 Å². The van der Waals surface area contributed by atoms with Crippen molar-refractivity contribution in [3.8, 4) is 0 Å². The molecule has 1 heterocycles. The Kier molecular flexibility index (Phi) is 6.69. The largest absolute Gasteiger partial charge is 0.352 e. The fourth-order valence-electron chi connectivity index (χ4n) is 3.78. The van der Waals surface area contributed by atoms with Crippen LogP contribution in [-0.4, -0.2) is 46.8 Å². The van der Waals surface area contributed by atoms with Gasteiger partial charge in [0.15, 0.2) is 9.84 Å². The van der Waals surface area contributed by atoms with Gasteiger partial charge in [-0.05, 0) is 62.3 Å². The van der Waals surface area contributed by atoms with Gasteiger partial charge in [-0.1, -0.05) is 11.6 Å². The Bertz CT molecular complexity index is 908. The molecule has 1 saturated carbocycles. The first-order valence-corrected chi connectivity index (χ1v) is 13.1. The molecular formula is C18H25ClN2O5S2. The number of sulfonamides is 1. The monoisotopic (exact) mass is 448 g/mol. The summed E-state index contributed by atoms with van der Waals surface area (Å²) in [5.74, 6) is 0.131. The number of hydrogen-bond donors (Lipinski definition) is 2. The molecule has 1 aromatic rings. The Labute approximate surface area is 171 Å². The van der Waals surface area contributed by atoms with Crippen molar-refractivity contribution in [1.29, 1.82) is 0 Å². The summed E-state index contributed by atoms with van der Waals surface area (Å²) < 4.78 is 50.3. The molecule has 0 spiro atoms. The Morgan fingerprint density at radius 2 is 1.71 bits per heavy atom. The summed E-state index contributed by atoms with van der Waals surface area (Å²) in [7, 11) is -6.59.